The number of rotatable bonds is 4. The van der Waals surface area contributed by atoms with E-state index >= 15 is 0 Å². The Labute approximate surface area is 244 Å². The Morgan fingerprint density at radius 1 is 0.857 bits per heavy atom. The number of benzene rings is 4. The normalized spacial score (nSPS) is 11.4. The zero-order valence-corrected chi connectivity index (χ0v) is 23.0. The van der Waals surface area contributed by atoms with Crippen LogP contribution in [0.15, 0.2) is 112 Å². The number of fused-ring (bicyclic) bond motifs is 3. The molecule has 0 saturated heterocycles. The van der Waals surface area contributed by atoms with E-state index in [1.54, 1.807) is 16.8 Å². The van der Waals surface area contributed by atoms with Crippen LogP contribution in [0, 0.1) is 6.92 Å². The van der Waals surface area contributed by atoms with E-state index in [-0.39, 0.29) is 27.5 Å². The highest BCUT2D eigenvalue weighted by molar-refractivity contribution is 6.34. The minimum absolute atomic E-state index is 0.108. The topological polar surface area (TPSA) is 101 Å². The Bertz CT molecular complexity index is 2180. The smallest absolute Gasteiger partial charge is 0.346 e. The number of aryl methyl sites for hydroxylation is 1. The lowest BCUT2D eigenvalue weighted by atomic mass is 9.96. The molecule has 204 valence electrons. The van der Waals surface area contributed by atoms with Crippen molar-refractivity contribution >= 4 is 33.5 Å². The first-order chi connectivity index (χ1) is 20.4. The molecule has 0 atom stereocenters. The Hall–Kier alpha value is -5.40. The van der Waals surface area contributed by atoms with E-state index in [4.69, 9.17) is 26.1 Å². The van der Waals surface area contributed by atoms with Crippen LogP contribution in [-0.4, -0.2) is 25.0 Å². The summed E-state index contributed by atoms with van der Waals surface area (Å²) in [6.45, 7) is 1.91. The van der Waals surface area contributed by atoms with Crippen LogP contribution in [-0.2, 0) is 0 Å². The van der Waals surface area contributed by atoms with Gasteiger partial charge in [0.25, 0.3) is 0 Å². The van der Waals surface area contributed by atoms with E-state index in [2.05, 4.69) is 0 Å². The van der Waals surface area contributed by atoms with Gasteiger partial charge in [0.05, 0.1) is 32.9 Å². The van der Waals surface area contributed by atoms with E-state index in [0.29, 0.717) is 39.0 Å². The largest absolute Gasteiger partial charge is 0.508 e. The fraction of sp³-hybridized carbons (Fsp3) is 0.0294. The molecule has 0 unspecified atom stereocenters. The highest BCUT2D eigenvalue weighted by Crippen LogP contribution is 2.43. The SMILES string of the molecule is Cc1ccc2c(c1)oc(=O)c1c(-c3cn(-c4ccccc4)nc3-c3ccccc3)cc(-c3c(O)cc(O)cc3Cl)nc12. The second kappa shape index (κ2) is 9.90. The number of nitrogens with zero attached hydrogens (tertiary/aromatic N) is 3. The van der Waals surface area contributed by atoms with Gasteiger partial charge in [0.15, 0.2) is 0 Å². The highest BCUT2D eigenvalue weighted by Gasteiger charge is 2.24. The second-order valence-electron chi connectivity index (χ2n) is 10.0. The van der Waals surface area contributed by atoms with Gasteiger partial charge in [0.2, 0.25) is 0 Å². The van der Waals surface area contributed by atoms with Crippen molar-refractivity contribution in [2.75, 3.05) is 0 Å². The first kappa shape index (κ1) is 25.6. The maximum absolute atomic E-state index is 13.7. The van der Waals surface area contributed by atoms with Crippen molar-refractivity contribution in [1.82, 2.24) is 14.8 Å². The summed E-state index contributed by atoms with van der Waals surface area (Å²) in [5, 5.41) is 26.8. The van der Waals surface area contributed by atoms with Crippen molar-refractivity contribution in [3.8, 4) is 50.8 Å². The van der Waals surface area contributed by atoms with Gasteiger partial charge in [-0.25, -0.2) is 14.5 Å². The second-order valence-corrected chi connectivity index (χ2v) is 10.4. The monoisotopic (exact) mass is 571 g/mol. The standard InChI is InChI=1S/C34H22ClN3O4/c1-19-12-13-23-29(14-19)42-34(41)30-24(17-27(36-33(23)30)31-26(35)15-22(39)16-28(31)40)25-18-38(21-10-6-3-7-11-21)37-32(25)20-8-4-2-5-9-20/h2-18,39-40H,1H3. The van der Waals surface area contributed by atoms with Crippen LogP contribution in [0.4, 0.5) is 0 Å². The van der Waals surface area contributed by atoms with Crippen LogP contribution >= 0.6 is 11.6 Å². The lowest BCUT2D eigenvalue weighted by molar-refractivity contribution is 0.452. The molecule has 0 aliphatic rings. The van der Waals surface area contributed by atoms with Crippen LogP contribution in [0.3, 0.4) is 0 Å². The maximum atomic E-state index is 13.7. The molecule has 7 aromatic rings. The Morgan fingerprint density at radius 3 is 2.33 bits per heavy atom. The van der Waals surface area contributed by atoms with E-state index in [9.17, 15) is 15.0 Å². The number of halogens is 1. The van der Waals surface area contributed by atoms with E-state index < -0.39 is 5.63 Å². The van der Waals surface area contributed by atoms with Gasteiger partial charge in [-0.1, -0.05) is 66.2 Å². The van der Waals surface area contributed by atoms with Gasteiger partial charge in [-0.15, -0.1) is 0 Å². The zero-order valence-electron chi connectivity index (χ0n) is 22.2. The molecule has 7 nitrogen and oxygen atoms in total. The number of phenols is 2. The van der Waals surface area contributed by atoms with Crippen molar-refractivity contribution in [3.05, 3.63) is 124 Å². The molecule has 7 rings (SSSR count). The Morgan fingerprint density at radius 2 is 1.60 bits per heavy atom. The van der Waals surface area contributed by atoms with Gasteiger partial charge in [0, 0.05) is 34.3 Å². The quantitative estimate of drug-likeness (QED) is 0.164. The predicted molar refractivity (Wildman–Crippen MR) is 164 cm³/mol. The van der Waals surface area contributed by atoms with Crippen LogP contribution in [0.2, 0.25) is 5.02 Å². The summed E-state index contributed by atoms with van der Waals surface area (Å²) < 4.78 is 7.60. The van der Waals surface area contributed by atoms with Gasteiger partial charge in [-0.3, -0.25) is 0 Å². The lowest BCUT2D eigenvalue weighted by Crippen LogP contribution is -2.05. The summed E-state index contributed by atoms with van der Waals surface area (Å²) in [5.41, 5.74) is 5.20. The van der Waals surface area contributed by atoms with Crippen molar-refractivity contribution < 1.29 is 14.6 Å². The van der Waals surface area contributed by atoms with Gasteiger partial charge in [0.1, 0.15) is 22.8 Å². The molecule has 0 bridgehead atoms. The molecule has 0 fully saturated rings. The number of phenolic OH excluding ortho intramolecular Hbond substituents is 2. The van der Waals surface area contributed by atoms with Crippen molar-refractivity contribution in [2.24, 2.45) is 0 Å². The zero-order chi connectivity index (χ0) is 29.0. The molecular weight excluding hydrogens is 550 g/mol. The number of hydrogen-bond acceptors (Lipinski definition) is 6. The molecule has 0 radical (unpaired) electrons. The van der Waals surface area contributed by atoms with Gasteiger partial charge in [-0.05, 0) is 48.9 Å². The van der Waals surface area contributed by atoms with Gasteiger partial charge in [-0.2, -0.15) is 5.10 Å². The van der Waals surface area contributed by atoms with Crippen LogP contribution in [0.1, 0.15) is 5.56 Å². The molecule has 0 spiro atoms. The molecule has 42 heavy (non-hydrogen) atoms. The molecular formula is C34H22ClN3O4. The van der Waals surface area contributed by atoms with Gasteiger partial charge >= 0.3 is 5.63 Å². The first-order valence-electron chi connectivity index (χ1n) is 13.2. The third-order valence-corrected chi connectivity index (χ3v) is 7.50. The van der Waals surface area contributed by atoms with Crippen molar-refractivity contribution in [3.63, 3.8) is 0 Å². The number of aromatic hydroxyl groups is 2. The third-order valence-electron chi connectivity index (χ3n) is 7.20. The maximum Gasteiger partial charge on any atom is 0.346 e. The number of pyridine rings is 1. The van der Waals surface area contributed by atoms with Crippen LogP contribution < -0.4 is 5.63 Å². The minimum atomic E-state index is -0.551. The Balaban J connectivity index is 1.63. The highest BCUT2D eigenvalue weighted by atomic mass is 35.5. The summed E-state index contributed by atoms with van der Waals surface area (Å²) in [4.78, 5) is 18.6. The molecule has 4 aromatic carbocycles. The number of para-hydroxylation sites is 1. The van der Waals surface area contributed by atoms with Gasteiger partial charge < -0.3 is 14.6 Å². The first-order valence-corrected chi connectivity index (χ1v) is 13.6. The molecule has 3 aromatic heterocycles. The molecule has 0 amide bonds. The molecule has 8 heteroatoms. The average Bonchev–Trinajstić information content (AvgIpc) is 3.43. The Kier molecular flexibility index (Phi) is 6.03. The molecule has 3 heterocycles. The molecule has 2 N–H and O–H groups in total. The lowest BCUT2D eigenvalue weighted by Gasteiger charge is -2.13. The fourth-order valence-electron chi connectivity index (χ4n) is 5.27. The fourth-order valence-corrected chi connectivity index (χ4v) is 5.58. The molecule has 0 aliphatic heterocycles. The third kappa shape index (κ3) is 4.27. The molecule has 0 saturated carbocycles. The summed E-state index contributed by atoms with van der Waals surface area (Å²) in [6, 6.07) is 29.2. The van der Waals surface area contributed by atoms with Crippen molar-refractivity contribution in [1.29, 1.82) is 0 Å². The van der Waals surface area contributed by atoms with Crippen LogP contribution in [0.25, 0.3) is 61.2 Å². The summed E-state index contributed by atoms with van der Waals surface area (Å²) in [6.07, 6.45) is 1.87. The summed E-state index contributed by atoms with van der Waals surface area (Å²) in [5.74, 6) is -0.427. The summed E-state index contributed by atoms with van der Waals surface area (Å²) in [7, 11) is 0. The minimum Gasteiger partial charge on any atom is -0.508 e. The number of hydrogen-bond donors (Lipinski definition) is 2. The predicted octanol–water partition coefficient (Wildman–Crippen LogP) is 7.90. The van der Waals surface area contributed by atoms with E-state index in [0.717, 1.165) is 16.8 Å². The van der Waals surface area contributed by atoms with E-state index in [1.807, 2.05) is 85.9 Å². The average molecular weight is 572 g/mol. The molecule has 0 aliphatic carbocycles. The van der Waals surface area contributed by atoms with Crippen LogP contribution in [0.5, 0.6) is 11.5 Å². The van der Waals surface area contributed by atoms with Crippen molar-refractivity contribution in [2.45, 2.75) is 6.92 Å². The van der Waals surface area contributed by atoms with E-state index in [1.165, 1.54) is 12.1 Å². The summed E-state index contributed by atoms with van der Waals surface area (Å²) >= 11 is 6.54. The number of aromatic nitrogens is 3.